The highest BCUT2D eigenvalue weighted by Crippen LogP contribution is 2.32. The van der Waals surface area contributed by atoms with Gasteiger partial charge in [-0.25, -0.2) is 0 Å². The minimum absolute atomic E-state index is 0.266. The third-order valence-corrected chi connectivity index (χ3v) is 2.93. The van der Waals surface area contributed by atoms with Crippen LogP contribution < -0.4 is 5.32 Å². The predicted octanol–water partition coefficient (Wildman–Crippen LogP) is 0.607. The molecule has 0 aromatic carbocycles. The average molecular weight is 182 g/mol. The number of amides is 1. The molecule has 1 amide bonds. The van der Waals surface area contributed by atoms with Crippen LogP contribution in [0.2, 0.25) is 0 Å². The summed E-state index contributed by atoms with van der Waals surface area (Å²) in [5, 5.41) is 3.10. The molecule has 0 bridgehead atoms. The molecule has 13 heavy (non-hydrogen) atoms. The van der Waals surface area contributed by atoms with E-state index >= 15 is 0 Å². The highest BCUT2D eigenvalue weighted by atomic mass is 16.1. The van der Waals surface area contributed by atoms with E-state index in [-0.39, 0.29) is 5.91 Å². The van der Waals surface area contributed by atoms with Crippen LogP contribution in [0.15, 0.2) is 0 Å². The predicted molar refractivity (Wildman–Crippen MR) is 51.4 cm³/mol. The van der Waals surface area contributed by atoms with Gasteiger partial charge in [0, 0.05) is 19.0 Å². The summed E-state index contributed by atoms with van der Waals surface area (Å²) in [7, 11) is 2.10. The Morgan fingerprint density at radius 3 is 2.77 bits per heavy atom. The lowest BCUT2D eigenvalue weighted by Gasteiger charge is -2.12. The number of nitrogens with one attached hydrogen (secondary N) is 1. The van der Waals surface area contributed by atoms with E-state index in [0.717, 1.165) is 25.9 Å². The molecule has 1 aliphatic heterocycles. The maximum absolute atomic E-state index is 11.4. The highest BCUT2D eigenvalue weighted by Gasteiger charge is 2.26. The summed E-state index contributed by atoms with van der Waals surface area (Å²) in [6.07, 6.45) is 4.41. The summed E-state index contributed by atoms with van der Waals surface area (Å²) in [5.74, 6) is 0.974. The SMILES string of the molecule is CN1CCC(NC(=O)CC2CC2)C1. The van der Waals surface area contributed by atoms with Crippen molar-refractivity contribution in [3.8, 4) is 0 Å². The summed E-state index contributed by atoms with van der Waals surface area (Å²) < 4.78 is 0. The molecule has 74 valence electrons. The van der Waals surface area contributed by atoms with Crippen molar-refractivity contribution in [3.63, 3.8) is 0 Å². The van der Waals surface area contributed by atoms with Gasteiger partial charge in [0.1, 0.15) is 0 Å². The van der Waals surface area contributed by atoms with E-state index < -0.39 is 0 Å². The maximum atomic E-state index is 11.4. The van der Waals surface area contributed by atoms with Gasteiger partial charge in [-0.3, -0.25) is 4.79 Å². The summed E-state index contributed by atoms with van der Waals surface area (Å²) in [6, 6.07) is 0.413. The first-order chi connectivity index (χ1) is 6.24. The summed E-state index contributed by atoms with van der Waals surface area (Å²) >= 11 is 0. The highest BCUT2D eigenvalue weighted by molar-refractivity contribution is 5.76. The zero-order valence-electron chi connectivity index (χ0n) is 8.25. The zero-order valence-corrected chi connectivity index (χ0v) is 8.25. The van der Waals surface area contributed by atoms with E-state index in [2.05, 4.69) is 17.3 Å². The number of hydrogen-bond donors (Lipinski definition) is 1. The largest absolute Gasteiger partial charge is 0.352 e. The maximum Gasteiger partial charge on any atom is 0.220 e. The van der Waals surface area contributed by atoms with Gasteiger partial charge in [-0.1, -0.05) is 0 Å². The van der Waals surface area contributed by atoms with Gasteiger partial charge in [0.2, 0.25) is 5.91 Å². The first kappa shape index (κ1) is 9.00. The van der Waals surface area contributed by atoms with Gasteiger partial charge in [0.15, 0.2) is 0 Å². The first-order valence-electron chi connectivity index (χ1n) is 5.22. The third-order valence-electron chi connectivity index (χ3n) is 2.93. The number of likely N-dealkylation sites (N-methyl/N-ethyl adjacent to an activating group) is 1. The topological polar surface area (TPSA) is 32.3 Å². The van der Waals surface area contributed by atoms with E-state index in [9.17, 15) is 4.79 Å². The Balaban J connectivity index is 1.67. The zero-order chi connectivity index (χ0) is 9.26. The van der Waals surface area contributed by atoms with Crippen LogP contribution in [0, 0.1) is 5.92 Å². The van der Waals surface area contributed by atoms with Crippen molar-refractivity contribution >= 4 is 5.91 Å². The molecule has 3 heteroatoms. The Hall–Kier alpha value is -0.570. The van der Waals surface area contributed by atoms with Crippen molar-refractivity contribution in [2.24, 2.45) is 5.92 Å². The van der Waals surface area contributed by atoms with Crippen LogP contribution in [0.1, 0.15) is 25.7 Å². The minimum Gasteiger partial charge on any atom is -0.352 e. The van der Waals surface area contributed by atoms with Crippen LogP contribution in [0.25, 0.3) is 0 Å². The van der Waals surface area contributed by atoms with Crippen LogP contribution in [-0.2, 0) is 4.79 Å². The van der Waals surface area contributed by atoms with Gasteiger partial charge in [-0.05, 0) is 38.8 Å². The second kappa shape index (κ2) is 3.66. The molecule has 1 saturated heterocycles. The molecular formula is C10H18N2O. The first-order valence-corrected chi connectivity index (χ1v) is 5.22. The van der Waals surface area contributed by atoms with Crippen LogP contribution in [-0.4, -0.2) is 37.0 Å². The fraction of sp³-hybridized carbons (Fsp3) is 0.900. The van der Waals surface area contributed by atoms with E-state index in [4.69, 9.17) is 0 Å². The van der Waals surface area contributed by atoms with Crippen LogP contribution in [0.5, 0.6) is 0 Å². The van der Waals surface area contributed by atoms with Crippen LogP contribution in [0.4, 0.5) is 0 Å². The molecule has 1 heterocycles. The number of likely N-dealkylation sites (tertiary alicyclic amines) is 1. The average Bonchev–Trinajstić information content (AvgIpc) is 2.76. The van der Waals surface area contributed by atoms with E-state index in [1.165, 1.54) is 12.8 Å². The van der Waals surface area contributed by atoms with Gasteiger partial charge in [0.05, 0.1) is 0 Å². The van der Waals surface area contributed by atoms with Crippen molar-refractivity contribution in [1.29, 1.82) is 0 Å². The van der Waals surface area contributed by atoms with Crippen molar-refractivity contribution in [1.82, 2.24) is 10.2 Å². The molecule has 0 aromatic rings. The fourth-order valence-electron chi connectivity index (χ4n) is 1.92. The molecule has 2 aliphatic rings. The van der Waals surface area contributed by atoms with Crippen molar-refractivity contribution in [3.05, 3.63) is 0 Å². The molecule has 1 aliphatic carbocycles. The Bertz CT molecular complexity index is 201. The van der Waals surface area contributed by atoms with Crippen molar-refractivity contribution in [2.45, 2.75) is 31.7 Å². The summed E-state index contributed by atoms with van der Waals surface area (Å²) in [5.41, 5.74) is 0. The second-order valence-electron chi connectivity index (χ2n) is 4.46. The smallest absolute Gasteiger partial charge is 0.220 e. The molecular weight excluding hydrogens is 164 g/mol. The third kappa shape index (κ3) is 2.69. The monoisotopic (exact) mass is 182 g/mol. The lowest BCUT2D eigenvalue weighted by Crippen LogP contribution is -2.36. The normalized spacial score (nSPS) is 29.2. The number of carbonyl (C=O) groups excluding carboxylic acids is 1. The quantitative estimate of drug-likeness (QED) is 0.693. The molecule has 0 radical (unpaired) electrons. The number of hydrogen-bond acceptors (Lipinski definition) is 2. The molecule has 3 nitrogen and oxygen atoms in total. The number of nitrogens with zero attached hydrogens (tertiary/aromatic N) is 1. The van der Waals surface area contributed by atoms with Crippen LogP contribution in [0.3, 0.4) is 0 Å². The summed E-state index contributed by atoms with van der Waals surface area (Å²) in [6.45, 7) is 2.14. The standard InChI is InChI=1S/C10H18N2O/c1-12-5-4-9(7-12)11-10(13)6-8-2-3-8/h8-9H,2-7H2,1H3,(H,11,13). The molecule has 0 aromatic heterocycles. The van der Waals surface area contributed by atoms with Gasteiger partial charge in [-0.15, -0.1) is 0 Å². The Labute approximate surface area is 79.5 Å². The van der Waals surface area contributed by atoms with Crippen molar-refractivity contribution in [2.75, 3.05) is 20.1 Å². The molecule has 1 N–H and O–H groups in total. The molecule has 1 saturated carbocycles. The second-order valence-corrected chi connectivity index (χ2v) is 4.46. The number of rotatable bonds is 3. The Kier molecular flexibility index (Phi) is 2.54. The Morgan fingerprint density at radius 1 is 1.46 bits per heavy atom. The lowest BCUT2D eigenvalue weighted by atomic mass is 10.2. The Morgan fingerprint density at radius 2 is 2.23 bits per heavy atom. The van der Waals surface area contributed by atoms with E-state index in [1.807, 2.05) is 0 Å². The van der Waals surface area contributed by atoms with Crippen molar-refractivity contribution < 1.29 is 4.79 Å². The molecule has 1 atom stereocenters. The van der Waals surface area contributed by atoms with Crippen LogP contribution >= 0.6 is 0 Å². The lowest BCUT2D eigenvalue weighted by molar-refractivity contribution is -0.122. The van der Waals surface area contributed by atoms with Gasteiger partial charge in [0.25, 0.3) is 0 Å². The van der Waals surface area contributed by atoms with Gasteiger partial charge in [-0.2, -0.15) is 0 Å². The molecule has 1 unspecified atom stereocenters. The fourth-order valence-corrected chi connectivity index (χ4v) is 1.92. The molecule has 0 spiro atoms. The molecule has 2 rings (SSSR count). The summed E-state index contributed by atoms with van der Waals surface area (Å²) in [4.78, 5) is 13.7. The van der Waals surface area contributed by atoms with E-state index in [1.54, 1.807) is 0 Å². The van der Waals surface area contributed by atoms with Gasteiger partial charge < -0.3 is 10.2 Å². The van der Waals surface area contributed by atoms with E-state index in [0.29, 0.717) is 12.0 Å². The minimum atomic E-state index is 0.266. The van der Waals surface area contributed by atoms with Gasteiger partial charge >= 0.3 is 0 Å². The molecule has 2 fully saturated rings. The number of carbonyl (C=O) groups is 1.